The van der Waals surface area contributed by atoms with Crippen molar-refractivity contribution >= 4 is 0 Å². The van der Waals surface area contributed by atoms with Gasteiger partial charge in [0.2, 0.25) is 0 Å². The van der Waals surface area contributed by atoms with Crippen molar-refractivity contribution in [3.63, 3.8) is 0 Å². The summed E-state index contributed by atoms with van der Waals surface area (Å²) in [6.45, 7) is 7.30. The molecule has 1 aromatic carbocycles. The molecule has 1 aromatic rings. The van der Waals surface area contributed by atoms with E-state index >= 15 is 0 Å². The van der Waals surface area contributed by atoms with Crippen LogP contribution in [0.3, 0.4) is 0 Å². The van der Waals surface area contributed by atoms with Crippen molar-refractivity contribution in [1.29, 1.82) is 0 Å². The van der Waals surface area contributed by atoms with Gasteiger partial charge in [-0.25, -0.2) is 0 Å². The molecule has 0 fully saturated rings. The standard InChI is InChI=1S/C16H28N2O/c1-16(2,13-18(3)11-8-12-19-4)15(17)14-9-6-5-7-10-14/h5-7,9-10,15H,8,11-13,17H2,1-4H3. The second kappa shape index (κ2) is 7.63. The highest BCUT2D eigenvalue weighted by Gasteiger charge is 2.28. The van der Waals surface area contributed by atoms with Crippen molar-refractivity contribution in [3.8, 4) is 0 Å². The predicted octanol–water partition coefficient (Wildman–Crippen LogP) is 2.68. The van der Waals surface area contributed by atoms with E-state index in [0.29, 0.717) is 0 Å². The summed E-state index contributed by atoms with van der Waals surface area (Å²) in [6.07, 6.45) is 1.06. The minimum Gasteiger partial charge on any atom is -0.385 e. The van der Waals surface area contributed by atoms with E-state index in [1.165, 1.54) is 5.56 Å². The number of nitrogens with zero attached hydrogens (tertiary/aromatic N) is 1. The third-order valence-corrected chi connectivity index (χ3v) is 3.57. The molecule has 3 nitrogen and oxygen atoms in total. The molecule has 2 N–H and O–H groups in total. The largest absolute Gasteiger partial charge is 0.385 e. The van der Waals surface area contributed by atoms with Crippen LogP contribution in [-0.2, 0) is 4.74 Å². The van der Waals surface area contributed by atoms with Crippen LogP contribution in [0.4, 0.5) is 0 Å². The smallest absolute Gasteiger partial charge is 0.0474 e. The lowest BCUT2D eigenvalue weighted by Gasteiger charge is -2.35. The minimum absolute atomic E-state index is 0.0448. The van der Waals surface area contributed by atoms with Crippen LogP contribution in [0.15, 0.2) is 30.3 Å². The average Bonchev–Trinajstić information content (AvgIpc) is 2.38. The molecule has 0 spiro atoms. The van der Waals surface area contributed by atoms with Gasteiger partial charge in [0.1, 0.15) is 0 Å². The topological polar surface area (TPSA) is 38.5 Å². The second-order valence-corrected chi connectivity index (χ2v) is 5.96. The fourth-order valence-corrected chi connectivity index (χ4v) is 2.46. The fourth-order valence-electron chi connectivity index (χ4n) is 2.46. The average molecular weight is 264 g/mol. The lowest BCUT2D eigenvalue weighted by Crippen LogP contribution is -2.39. The van der Waals surface area contributed by atoms with Gasteiger partial charge >= 0.3 is 0 Å². The van der Waals surface area contributed by atoms with Crippen molar-refractivity contribution in [2.75, 3.05) is 33.9 Å². The molecule has 1 unspecified atom stereocenters. The van der Waals surface area contributed by atoms with Crippen LogP contribution in [-0.4, -0.2) is 38.8 Å². The molecule has 3 heteroatoms. The van der Waals surface area contributed by atoms with E-state index in [2.05, 4.69) is 37.9 Å². The summed E-state index contributed by atoms with van der Waals surface area (Å²) in [7, 11) is 3.89. The fraction of sp³-hybridized carbons (Fsp3) is 0.625. The molecule has 0 aromatic heterocycles. The zero-order chi connectivity index (χ0) is 14.3. The molecule has 19 heavy (non-hydrogen) atoms. The Morgan fingerprint density at radius 2 is 1.89 bits per heavy atom. The number of methoxy groups -OCH3 is 1. The summed E-state index contributed by atoms with van der Waals surface area (Å²) in [5.74, 6) is 0. The van der Waals surface area contributed by atoms with E-state index in [1.54, 1.807) is 7.11 Å². The molecule has 0 saturated carbocycles. The van der Waals surface area contributed by atoms with E-state index < -0.39 is 0 Å². The van der Waals surface area contributed by atoms with E-state index in [-0.39, 0.29) is 11.5 Å². The first-order valence-corrected chi connectivity index (χ1v) is 6.95. The predicted molar refractivity (Wildman–Crippen MR) is 81.1 cm³/mol. The van der Waals surface area contributed by atoms with Crippen LogP contribution >= 0.6 is 0 Å². The van der Waals surface area contributed by atoms with Crippen LogP contribution in [0, 0.1) is 5.41 Å². The summed E-state index contributed by atoms with van der Waals surface area (Å²) in [4.78, 5) is 2.34. The van der Waals surface area contributed by atoms with Crippen LogP contribution < -0.4 is 5.73 Å². The van der Waals surface area contributed by atoms with Crippen molar-refractivity contribution in [3.05, 3.63) is 35.9 Å². The van der Waals surface area contributed by atoms with Crippen LogP contribution in [0.25, 0.3) is 0 Å². The molecule has 0 aliphatic heterocycles. The Labute approximate surface area is 117 Å². The Balaban J connectivity index is 2.54. The van der Waals surface area contributed by atoms with E-state index in [9.17, 15) is 0 Å². The number of rotatable bonds is 8. The number of hydrogen-bond acceptors (Lipinski definition) is 3. The van der Waals surface area contributed by atoms with Gasteiger partial charge in [-0.1, -0.05) is 44.2 Å². The van der Waals surface area contributed by atoms with Crippen molar-refractivity contribution in [2.24, 2.45) is 11.1 Å². The number of benzene rings is 1. The summed E-state index contributed by atoms with van der Waals surface area (Å²) in [5, 5.41) is 0. The summed E-state index contributed by atoms with van der Waals surface area (Å²) in [5.41, 5.74) is 7.68. The van der Waals surface area contributed by atoms with Gasteiger partial charge in [-0.3, -0.25) is 0 Å². The maximum absolute atomic E-state index is 6.42. The molecule has 0 amide bonds. The molecule has 0 radical (unpaired) electrons. The second-order valence-electron chi connectivity index (χ2n) is 5.96. The third kappa shape index (κ3) is 5.31. The number of nitrogens with two attached hydrogens (primary N) is 1. The lowest BCUT2D eigenvalue weighted by molar-refractivity contribution is 0.148. The first-order valence-electron chi connectivity index (χ1n) is 6.95. The van der Waals surface area contributed by atoms with Crippen molar-refractivity contribution < 1.29 is 4.74 Å². The molecule has 0 heterocycles. The zero-order valence-corrected chi connectivity index (χ0v) is 12.7. The maximum Gasteiger partial charge on any atom is 0.0474 e. The molecule has 0 bridgehead atoms. The number of ether oxygens (including phenoxy) is 1. The molecular weight excluding hydrogens is 236 g/mol. The Kier molecular flexibility index (Phi) is 6.49. The molecular formula is C16H28N2O. The molecule has 108 valence electrons. The summed E-state index contributed by atoms with van der Waals surface area (Å²) >= 11 is 0. The molecule has 1 atom stereocenters. The van der Waals surface area contributed by atoms with Gasteiger partial charge < -0.3 is 15.4 Å². The normalized spacial score (nSPS) is 13.8. The van der Waals surface area contributed by atoms with Gasteiger partial charge in [0.05, 0.1) is 0 Å². The Hall–Kier alpha value is -0.900. The quantitative estimate of drug-likeness (QED) is 0.734. The van der Waals surface area contributed by atoms with E-state index in [4.69, 9.17) is 10.5 Å². The van der Waals surface area contributed by atoms with Crippen LogP contribution in [0.2, 0.25) is 0 Å². The SMILES string of the molecule is COCCCN(C)CC(C)(C)C(N)c1ccccc1. The van der Waals surface area contributed by atoms with Crippen molar-refractivity contribution in [1.82, 2.24) is 4.90 Å². The number of hydrogen-bond donors (Lipinski definition) is 1. The highest BCUT2D eigenvalue weighted by molar-refractivity contribution is 5.20. The van der Waals surface area contributed by atoms with Gasteiger partial charge in [-0.2, -0.15) is 0 Å². The Morgan fingerprint density at radius 1 is 1.26 bits per heavy atom. The Bertz CT molecular complexity index is 351. The van der Waals surface area contributed by atoms with Crippen LogP contribution in [0.5, 0.6) is 0 Å². The summed E-state index contributed by atoms with van der Waals surface area (Å²) in [6, 6.07) is 10.4. The highest BCUT2D eigenvalue weighted by Crippen LogP contribution is 2.31. The van der Waals surface area contributed by atoms with Crippen molar-refractivity contribution in [2.45, 2.75) is 26.3 Å². The molecule has 0 aliphatic rings. The highest BCUT2D eigenvalue weighted by atomic mass is 16.5. The Morgan fingerprint density at radius 3 is 2.47 bits per heavy atom. The monoisotopic (exact) mass is 264 g/mol. The molecule has 1 rings (SSSR count). The lowest BCUT2D eigenvalue weighted by atomic mass is 9.80. The van der Waals surface area contributed by atoms with Crippen LogP contribution in [0.1, 0.15) is 31.9 Å². The first kappa shape index (κ1) is 16.2. The van der Waals surface area contributed by atoms with E-state index in [0.717, 1.165) is 26.1 Å². The van der Waals surface area contributed by atoms with E-state index in [1.807, 2.05) is 18.2 Å². The minimum atomic E-state index is 0.0448. The summed E-state index contributed by atoms with van der Waals surface area (Å²) < 4.78 is 5.09. The van der Waals surface area contributed by atoms with Gasteiger partial charge in [0.25, 0.3) is 0 Å². The molecule has 0 saturated heterocycles. The third-order valence-electron chi connectivity index (χ3n) is 3.57. The van der Waals surface area contributed by atoms with Gasteiger partial charge in [0.15, 0.2) is 0 Å². The van der Waals surface area contributed by atoms with Gasteiger partial charge in [-0.15, -0.1) is 0 Å². The maximum atomic E-state index is 6.42. The first-order chi connectivity index (χ1) is 8.97. The van der Waals surface area contributed by atoms with Gasteiger partial charge in [0, 0.05) is 32.8 Å². The van der Waals surface area contributed by atoms with Gasteiger partial charge in [-0.05, 0) is 24.4 Å². The zero-order valence-electron chi connectivity index (χ0n) is 12.7. The molecule has 0 aliphatic carbocycles.